The summed E-state index contributed by atoms with van der Waals surface area (Å²) in [6.07, 6.45) is 1.01. The van der Waals surface area contributed by atoms with Gasteiger partial charge < -0.3 is 15.1 Å². The standard InChI is InChI=1S/C23H14F3N3O3/c24-13-4-3-5-15(10-13)28-22(30)17-7-2-1-6-16(17)21-20(27-12-32-21)23(31)29-19-9-8-14(25)11-18(19)26/h1-12H,(H,28,30)(H,29,31). The second-order valence-corrected chi connectivity index (χ2v) is 6.62. The number of hydrogen-bond acceptors (Lipinski definition) is 4. The van der Waals surface area contributed by atoms with Gasteiger partial charge in [0.25, 0.3) is 11.8 Å². The molecule has 0 aliphatic rings. The molecule has 4 rings (SSSR count). The van der Waals surface area contributed by atoms with Crippen molar-refractivity contribution in [3.8, 4) is 11.3 Å². The lowest BCUT2D eigenvalue weighted by Gasteiger charge is -2.10. The molecule has 4 aromatic rings. The van der Waals surface area contributed by atoms with Gasteiger partial charge in [0.1, 0.15) is 17.5 Å². The van der Waals surface area contributed by atoms with Crippen LogP contribution in [0.4, 0.5) is 24.5 Å². The van der Waals surface area contributed by atoms with E-state index in [0.29, 0.717) is 6.07 Å². The van der Waals surface area contributed by atoms with Crippen LogP contribution in [0.3, 0.4) is 0 Å². The molecule has 0 saturated carbocycles. The van der Waals surface area contributed by atoms with Gasteiger partial charge in [-0.2, -0.15) is 0 Å². The van der Waals surface area contributed by atoms with Gasteiger partial charge in [0.05, 0.1) is 11.3 Å². The Labute approximate surface area is 179 Å². The number of aromatic nitrogens is 1. The number of oxazole rings is 1. The predicted octanol–water partition coefficient (Wildman–Crippen LogP) is 5.26. The molecule has 0 radical (unpaired) electrons. The highest BCUT2D eigenvalue weighted by Crippen LogP contribution is 2.28. The zero-order chi connectivity index (χ0) is 22.7. The molecule has 1 aromatic heterocycles. The Morgan fingerprint density at radius 1 is 0.812 bits per heavy atom. The number of anilines is 2. The van der Waals surface area contributed by atoms with Crippen LogP contribution in [0.25, 0.3) is 11.3 Å². The molecule has 0 unspecified atom stereocenters. The molecule has 0 atom stereocenters. The van der Waals surface area contributed by atoms with Gasteiger partial charge in [-0.1, -0.05) is 24.3 Å². The average Bonchev–Trinajstić information content (AvgIpc) is 3.25. The first-order valence-corrected chi connectivity index (χ1v) is 9.28. The van der Waals surface area contributed by atoms with E-state index in [0.717, 1.165) is 24.6 Å². The van der Waals surface area contributed by atoms with E-state index in [2.05, 4.69) is 15.6 Å². The van der Waals surface area contributed by atoms with Crippen molar-refractivity contribution >= 4 is 23.2 Å². The van der Waals surface area contributed by atoms with E-state index in [-0.39, 0.29) is 34.0 Å². The number of nitrogens with zero attached hydrogens (tertiary/aromatic N) is 1. The Morgan fingerprint density at radius 2 is 1.59 bits per heavy atom. The van der Waals surface area contributed by atoms with Gasteiger partial charge in [0.2, 0.25) is 0 Å². The smallest absolute Gasteiger partial charge is 0.278 e. The number of hydrogen-bond donors (Lipinski definition) is 2. The largest absolute Gasteiger partial charge is 0.443 e. The molecule has 9 heteroatoms. The second kappa shape index (κ2) is 8.76. The number of halogens is 3. The van der Waals surface area contributed by atoms with E-state index in [4.69, 9.17) is 4.42 Å². The summed E-state index contributed by atoms with van der Waals surface area (Å²) in [7, 11) is 0. The Hall–Kier alpha value is -4.40. The van der Waals surface area contributed by atoms with Gasteiger partial charge in [0, 0.05) is 17.3 Å². The number of benzene rings is 3. The fourth-order valence-electron chi connectivity index (χ4n) is 3.02. The number of carbonyl (C=O) groups is 2. The van der Waals surface area contributed by atoms with E-state index in [1.807, 2.05) is 0 Å². The zero-order valence-electron chi connectivity index (χ0n) is 16.2. The van der Waals surface area contributed by atoms with Crippen molar-refractivity contribution in [1.29, 1.82) is 0 Å². The van der Waals surface area contributed by atoms with Gasteiger partial charge >= 0.3 is 0 Å². The maximum atomic E-state index is 13.9. The summed E-state index contributed by atoms with van der Waals surface area (Å²) in [6.45, 7) is 0. The minimum absolute atomic E-state index is 0.0324. The van der Waals surface area contributed by atoms with E-state index in [1.54, 1.807) is 12.1 Å². The summed E-state index contributed by atoms with van der Waals surface area (Å²) in [5.74, 6) is -3.69. The molecule has 0 aliphatic heterocycles. The van der Waals surface area contributed by atoms with Crippen LogP contribution in [-0.4, -0.2) is 16.8 Å². The number of amides is 2. The lowest BCUT2D eigenvalue weighted by molar-refractivity contribution is 0.101. The first-order chi connectivity index (χ1) is 15.4. The predicted molar refractivity (Wildman–Crippen MR) is 111 cm³/mol. The van der Waals surface area contributed by atoms with E-state index in [1.165, 1.54) is 30.3 Å². The summed E-state index contributed by atoms with van der Waals surface area (Å²) in [5, 5.41) is 4.88. The topological polar surface area (TPSA) is 84.2 Å². The Balaban J connectivity index is 1.64. The van der Waals surface area contributed by atoms with Crippen LogP contribution in [0.1, 0.15) is 20.8 Å². The molecule has 0 saturated heterocycles. The molecule has 3 aromatic carbocycles. The van der Waals surface area contributed by atoms with Gasteiger partial charge in [-0.3, -0.25) is 9.59 Å². The van der Waals surface area contributed by atoms with Crippen molar-refractivity contribution in [2.24, 2.45) is 0 Å². The van der Waals surface area contributed by atoms with Gasteiger partial charge in [-0.15, -0.1) is 0 Å². The summed E-state index contributed by atoms with van der Waals surface area (Å²) in [6, 6.07) is 14.3. The summed E-state index contributed by atoms with van der Waals surface area (Å²) in [4.78, 5) is 29.4. The molecule has 2 amide bonds. The van der Waals surface area contributed by atoms with Gasteiger partial charge in [0.15, 0.2) is 17.8 Å². The highest BCUT2D eigenvalue weighted by molar-refractivity contribution is 6.11. The fraction of sp³-hybridized carbons (Fsp3) is 0. The third-order valence-electron chi connectivity index (χ3n) is 4.46. The monoisotopic (exact) mass is 437 g/mol. The molecule has 2 N–H and O–H groups in total. The molecule has 0 bridgehead atoms. The molecular weight excluding hydrogens is 423 g/mol. The van der Waals surface area contributed by atoms with Crippen molar-refractivity contribution in [2.75, 3.05) is 10.6 Å². The maximum absolute atomic E-state index is 13.9. The third-order valence-corrected chi connectivity index (χ3v) is 4.46. The number of carbonyl (C=O) groups excluding carboxylic acids is 2. The van der Waals surface area contributed by atoms with Crippen molar-refractivity contribution in [2.45, 2.75) is 0 Å². The molecule has 0 spiro atoms. The summed E-state index contributed by atoms with van der Waals surface area (Å²) < 4.78 is 45.8. The minimum Gasteiger partial charge on any atom is -0.443 e. The molecular formula is C23H14F3N3O3. The summed E-state index contributed by atoms with van der Waals surface area (Å²) in [5.41, 5.74) is 0.161. The van der Waals surface area contributed by atoms with E-state index < -0.39 is 29.3 Å². The van der Waals surface area contributed by atoms with Crippen LogP contribution in [-0.2, 0) is 0 Å². The van der Waals surface area contributed by atoms with Crippen LogP contribution in [0.2, 0.25) is 0 Å². The molecule has 0 aliphatic carbocycles. The normalized spacial score (nSPS) is 10.6. The second-order valence-electron chi connectivity index (χ2n) is 6.62. The average molecular weight is 437 g/mol. The first-order valence-electron chi connectivity index (χ1n) is 9.28. The quantitative estimate of drug-likeness (QED) is 0.446. The number of nitrogens with one attached hydrogen (secondary N) is 2. The number of rotatable bonds is 5. The highest BCUT2D eigenvalue weighted by Gasteiger charge is 2.23. The first kappa shape index (κ1) is 20.9. The molecule has 32 heavy (non-hydrogen) atoms. The lowest BCUT2D eigenvalue weighted by Crippen LogP contribution is -2.16. The zero-order valence-corrected chi connectivity index (χ0v) is 16.2. The minimum atomic E-state index is -0.960. The van der Waals surface area contributed by atoms with Crippen LogP contribution in [0, 0.1) is 17.5 Å². The summed E-state index contributed by atoms with van der Waals surface area (Å²) >= 11 is 0. The van der Waals surface area contributed by atoms with Crippen molar-refractivity contribution in [1.82, 2.24) is 4.98 Å². The van der Waals surface area contributed by atoms with Crippen molar-refractivity contribution in [3.05, 3.63) is 102 Å². The van der Waals surface area contributed by atoms with E-state index in [9.17, 15) is 22.8 Å². The van der Waals surface area contributed by atoms with Gasteiger partial charge in [-0.25, -0.2) is 18.2 Å². The van der Waals surface area contributed by atoms with Crippen LogP contribution >= 0.6 is 0 Å². The van der Waals surface area contributed by atoms with Crippen LogP contribution in [0.5, 0.6) is 0 Å². The lowest BCUT2D eigenvalue weighted by atomic mass is 10.0. The van der Waals surface area contributed by atoms with Crippen LogP contribution < -0.4 is 10.6 Å². The Morgan fingerprint density at radius 3 is 2.38 bits per heavy atom. The Bertz CT molecular complexity index is 1320. The highest BCUT2D eigenvalue weighted by atomic mass is 19.1. The van der Waals surface area contributed by atoms with E-state index >= 15 is 0 Å². The van der Waals surface area contributed by atoms with Gasteiger partial charge in [-0.05, 0) is 36.4 Å². The molecule has 160 valence electrons. The maximum Gasteiger partial charge on any atom is 0.278 e. The molecule has 6 nitrogen and oxygen atoms in total. The van der Waals surface area contributed by atoms with Crippen LogP contribution in [0.15, 0.2) is 77.5 Å². The molecule has 0 fully saturated rings. The van der Waals surface area contributed by atoms with Crippen molar-refractivity contribution < 1.29 is 27.2 Å². The SMILES string of the molecule is O=C(Nc1cccc(F)c1)c1ccccc1-c1ocnc1C(=O)Nc1ccc(F)cc1F. The Kier molecular flexibility index (Phi) is 5.71. The molecule has 1 heterocycles. The third kappa shape index (κ3) is 4.36. The fourth-order valence-corrected chi connectivity index (χ4v) is 3.02. The van der Waals surface area contributed by atoms with Crippen molar-refractivity contribution in [3.63, 3.8) is 0 Å².